The highest BCUT2D eigenvalue weighted by molar-refractivity contribution is 7.92. The molecule has 0 unspecified atom stereocenters. The van der Waals surface area contributed by atoms with E-state index in [-0.39, 0.29) is 49.5 Å². The van der Waals surface area contributed by atoms with Gasteiger partial charge in [-0.1, -0.05) is 50.2 Å². The summed E-state index contributed by atoms with van der Waals surface area (Å²) in [5.74, 6) is -1.12. The number of hydrogen-bond acceptors (Lipinski definition) is 4. The molecule has 2 atom stereocenters. The molecule has 0 aliphatic heterocycles. The van der Waals surface area contributed by atoms with Gasteiger partial charge in [-0.05, 0) is 56.4 Å². The minimum absolute atomic E-state index is 0.0134. The van der Waals surface area contributed by atoms with Crippen molar-refractivity contribution in [3.8, 4) is 0 Å². The molecule has 0 heterocycles. The largest absolute Gasteiger partial charge is 0.352 e. The van der Waals surface area contributed by atoms with Crippen LogP contribution in [-0.2, 0) is 26.2 Å². The summed E-state index contributed by atoms with van der Waals surface area (Å²) in [5.41, 5.74) is 1.89. The predicted octanol–water partition coefficient (Wildman–Crippen LogP) is 4.40. The van der Waals surface area contributed by atoms with Gasteiger partial charge in [-0.15, -0.1) is 0 Å². The number of carbonyl (C=O) groups is 2. The monoisotopic (exact) mass is 519 g/mol. The van der Waals surface area contributed by atoms with Crippen molar-refractivity contribution >= 4 is 27.5 Å². The van der Waals surface area contributed by atoms with Crippen LogP contribution in [0.5, 0.6) is 0 Å². The number of benzene rings is 2. The highest BCUT2D eigenvalue weighted by Crippen LogP contribution is 2.23. The molecule has 36 heavy (non-hydrogen) atoms. The van der Waals surface area contributed by atoms with E-state index in [1.54, 1.807) is 11.0 Å². The molecule has 2 rings (SSSR count). The molecule has 2 aromatic carbocycles. The third-order valence-electron chi connectivity index (χ3n) is 6.26. The molecule has 0 aliphatic carbocycles. The Morgan fingerprint density at radius 3 is 2.25 bits per heavy atom. The van der Waals surface area contributed by atoms with Gasteiger partial charge in [-0.3, -0.25) is 13.9 Å². The molecule has 0 fully saturated rings. The van der Waals surface area contributed by atoms with Gasteiger partial charge in [-0.25, -0.2) is 12.8 Å². The molecule has 2 aromatic rings. The van der Waals surface area contributed by atoms with E-state index in [1.165, 1.54) is 18.2 Å². The number of amides is 2. The lowest BCUT2D eigenvalue weighted by Crippen LogP contribution is -2.50. The predicted molar refractivity (Wildman–Crippen MR) is 142 cm³/mol. The Kier molecular flexibility index (Phi) is 10.9. The Morgan fingerprint density at radius 1 is 1.03 bits per heavy atom. The van der Waals surface area contributed by atoms with Crippen LogP contribution >= 0.6 is 0 Å². The van der Waals surface area contributed by atoms with Crippen LogP contribution in [0, 0.1) is 12.7 Å². The van der Waals surface area contributed by atoms with Crippen LogP contribution in [-0.4, -0.2) is 50.0 Å². The number of para-hydroxylation sites is 1. The Hall–Kier alpha value is -2.94. The molecule has 1 N–H and O–H groups in total. The second-order valence-corrected chi connectivity index (χ2v) is 11.0. The van der Waals surface area contributed by atoms with Crippen molar-refractivity contribution < 1.29 is 22.4 Å². The summed E-state index contributed by atoms with van der Waals surface area (Å²) in [6, 6.07) is 12.7. The van der Waals surface area contributed by atoms with E-state index in [9.17, 15) is 22.4 Å². The van der Waals surface area contributed by atoms with Gasteiger partial charge in [0.25, 0.3) is 0 Å². The fraction of sp³-hybridized carbons (Fsp3) is 0.481. The summed E-state index contributed by atoms with van der Waals surface area (Å²) < 4.78 is 40.0. The summed E-state index contributed by atoms with van der Waals surface area (Å²) in [4.78, 5) is 28.1. The van der Waals surface area contributed by atoms with Crippen LogP contribution in [0.3, 0.4) is 0 Å². The SMILES string of the molecule is CC[C@H](C(=O)N[C@@H](C)CC)N(Cc1ccccc1C)C(=O)CCCN(c1ccccc1F)S(C)(=O)=O. The van der Waals surface area contributed by atoms with Crippen molar-refractivity contribution in [2.24, 2.45) is 0 Å². The molecule has 198 valence electrons. The number of carbonyl (C=O) groups excluding carboxylic acids is 2. The molecule has 0 radical (unpaired) electrons. The standard InChI is InChI=1S/C27H38FN3O4S/c1-6-21(4)29-27(33)24(7-2)30(19-22-14-9-8-13-20(22)3)26(32)17-12-18-31(36(5,34)35)25-16-11-10-15-23(25)28/h8-11,13-16,21,24H,6-7,12,17-19H2,1-5H3,(H,29,33)/t21-,24+/m0/s1. The zero-order valence-electron chi connectivity index (χ0n) is 21.8. The lowest BCUT2D eigenvalue weighted by molar-refractivity contribution is -0.141. The molecule has 0 aliphatic rings. The Bertz CT molecular complexity index is 1140. The number of halogens is 1. The molecule has 0 bridgehead atoms. The average Bonchev–Trinajstić information content (AvgIpc) is 2.82. The fourth-order valence-electron chi connectivity index (χ4n) is 3.97. The third kappa shape index (κ3) is 8.05. The summed E-state index contributed by atoms with van der Waals surface area (Å²) in [7, 11) is -3.76. The van der Waals surface area contributed by atoms with Gasteiger partial charge in [0.05, 0.1) is 11.9 Å². The summed E-state index contributed by atoms with van der Waals surface area (Å²) in [6.07, 6.45) is 2.40. The minimum Gasteiger partial charge on any atom is -0.352 e. The van der Waals surface area contributed by atoms with E-state index in [1.807, 2.05) is 52.0 Å². The maximum absolute atomic E-state index is 14.3. The first kappa shape index (κ1) is 29.3. The van der Waals surface area contributed by atoms with E-state index < -0.39 is 21.9 Å². The Balaban J connectivity index is 2.25. The van der Waals surface area contributed by atoms with Crippen LogP contribution in [0.4, 0.5) is 10.1 Å². The molecule has 2 amide bonds. The average molecular weight is 520 g/mol. The number of nitrogens with one attached hydrogen (secondary N) is 1. The maximum atomic E-state index is 14.3. The van der Waals surface area contributed by atoms with Gasteiger partial charge < -0.3 is 10.2 Å². The smallest absolute Gasteiger partial charge is 0.243 e. The van der Waals surface area contributed by atoms with Crippen molar-refractivity contribution in [2.75, 3.05) is 17.1 Å². The summed E-state index contributed by atoms with van der Waals surface area (Å²) >= 11 is 0. The lowest BCUT2D eigenvalue weighted by Gasteiger charge is -2.32. The van der Waals surface area contributed by atoms with Gasteiger partial charge in [-0.2, -0.15) is 0 Å². The topological polar surface area (TPSA) is 86.8 Å². The first-order chi connectivity index (χ1) is 17.0. The van der Waals surface area contributed by atoms with E-state index in [4.69, 9.17) is 0 Å². The number of rotatable bonds is 13. The van der Waals surface area contributed by atoms with Gasteiger partial charge in [0.15, 0.2) is 0 Å². The van der Waals surface area contributed by atoms with Crippen LogP contribution < -0.4 is 9.62 Å². The number of anilines is 1. The molecule has 0 saturated carbocycles. The van der Waals surface area contributed by atoms with Gasteiger partial charge >= 0.3 is 0 Å². The zero-order valence-corrected chi connectivity index (χ0v) is 22.6. The van der Waals surface area contributed by atoms with Crippen LogP contribution in [0.25, 0.3) is 0 Å². The first-order valence-corrected chi connectivity index (χ1v) is 14.2. The number of nitrogens with zero attached hydrogens (tertiary/aromatic N) is 2. The van der Waals surface area contributed by atoms with E-state index in [0.717, 1.165) is 28.1 Å². The summed E-state index contributed by atoms with van der Waals surface area (Å²) in [5, 5.41) is 2.98. The second-order valence-electron chi connectivity index (χ2n) is 9.08. The van der Waals surface area contributed by atoms with Gasteiger partial charge in [0.1, 0.15) is 11.9 Å². The maximum Gasteiger partial charge on any atom is 0.243 e. The summed E-state index contributed by atoms with van der Waals surface area (Å²) in [6.45, 7) is 7.92. The normalized spacial score (nSPS) is 13.1. The fourth-order valence-corrected chi connectivity index (χ4v) is 4.93. The molecule has 0 saturated heterocycles. The molecule has 0 spiro atoms. The molecule has 9 heteroatoms. The Labute approximate surface area is 214 Å². The van der Waals surface area contributed by atoms with E-state index >= 15 is 0 Å². The first-order valence-electron chi connectivity index (χ1n) is 12.4. The number of aryl methyl sites for hydroxylation is 1. The van der Waals surface area contributed by atoms with Crippen molar-refractivity contribution in [1.29, 1.82) is 0 Å². The molecular weight excluding hydrogens is 481 g/mol. The lowest BCUT2D eigenvalue weighted by atomic mass is 10.0. The molecule has 0 aromatic heterocycles. The van der Waals surface area contributed by atoms with E-state index in [0.29, 0.717) is 6.42 Å². The Morgan fingerprint density at radius 2 is 1.67 bits per heavy atom. The number of sulfonamides is 1. The molecular formula is C27H38FN3O4S. The van der Waals surface area contributed by atoms with Crippen LogP contribution in [0.2, 0.25) is 0 Å². The van der Waals surface area contributed by atoms with E-state index in [2.05, 4.69) is 5.32 Å². The van der Waals surface area contributed by atoms with Gasteiger partial charge in [0, 0.05) is 25.6 Å². The number of hydrogen-bond donors (Lipinski definition) is 1. The van der Waals surface area contributed by atoms with Crippen molar-refractivity contribution in [2.45, 2.75) is 72.0 Å². The van der Waals surface area contributed by atoms with Gasteiger partial charge in [0.2, 0.25) is 21.8 Å². The highest BCUT2D eigenvalue weighted by atomic mass is 32.2. The van der Waals surface area contributed by atoms with Crippen molar-refractivity contribution in [3.05, 3.63) is 65.5 Å². The minimum atomic E-state index is -3.76. The van der Waals surface area contributed by atoms with Crippen LogP contribution in [0.1, 0.15) is 57.6 Å². The van der Waals surface area contributed by atoms with Crippen molar-refractivity contribution in [3.63, 3.8) is 0 Å². The highest BCUT2D eigenvalue weighted by Gasteiger charge is 2.30. The van der Waals surface area contributed by atoms with Crippen molar-refractivity contribution in [1.82, 2.24) is 10.2 Å². The quantitative estimate of drug-likeness (QED) is 0.425. The zero-order chi connectivity index (χ0) is 26.9. The van der Waals surface area contributed by atoms with Crippen LogP contribution in [0.15, 0.2) is 48.5 Å². The molecule has 7 nitrogen and oxygen atoms in total. The third-order valence-corrected chi connectivity index (χ3v) is 7.44. The second kappa shape index (κ2) is 13.4.